The van der Waals surface area contributed by atoms with Crippen LogP contribution in [0.5, 0.6) is 0 Å². The highest BCUT2D eigenvalue weighted by Crippen LogP contribution is 2.06. The third-order valence-corrected chi connectivity index (χ3v) is 1.88. The maximum atomic E-state index is 9.15. The highest BCUT2D eigenvalue weighted by molar-refractivity contribution is 4.66. The summed E-state index contributed by atoms with van der Waals surface area (Å²) in [5, 5.41) is 43.9. The van der Waals surface area contributed by atoms with Gasteiger partial charge in [0.1, 0.15) is 6.10 Å². The van der Waals surface area contributed by atoms with E-state index in [1.165, 1.54) is 0 Å². The minimum absolute atomic E-state index is 0.293. The lowest BCUT2D eigenvalue weighted by molar-refractivity contribution is -0.0204. The molecule has 0 fully saturated rings. The van der Waals surface area contributed by atoms with Crippen LogP contribution in [0.25, 0.3) is 0 Å². The van der Waals surface area contributed by atoms with E-state index in [0.29, 0.717) is 19.3 Å². The molecule has 0 heterocycles. The molecule has 0 amide bonds. The van der Waals surface area contributed by atoms with Crippen molar-refractivity contribution in [2.45, 2.75) is 37.6 Å². The van der Waals surface area contributed by atoms with E-state index in [0.717, 1.165) is 0 Å². The molecule has 3 unspecified atom stereocenters. The van der Waals surface area contributed by atoms with Crippen LogP contribution in [0.15, 0.2) is 0 Å². The summed E-state index contributed by atoms with van der Waals surface area (Å²) < 4.78 is 0. The third-order valence-electron chi connectivity index (χ3n) is 1.88. The van der Waals surface area contributed by atoms with Crippen molar-refractivity contribution in [2.24, 2.45) is 0 Å². The smallest absolute Gasteiger partial charge is 0.103 e. The monoisotopic (exact) mass is 194 g/mol. The van der Waals surface area contributed by atoms with Gasteiger partial charge in [0.05, 0.1) is 25.4 Å². The molecule has 5 heteroatoms. The molecular weight excluding hydrogens is 176 g/mol. The Kier molecular flexibility index (Phi) is 7.12. The minimum Gasteiger partial charge on any atom is -0.394 e. The molecule has 0 aromatic rings. The Labute approximate surface area is 77.3 Å². The van der Waals surface area contributed by atoms with E-state index in [-0.39, 0.29) is 6.61 Å². The average Bonchev–Trinajstić information content (AvgIpc) is 2.15. The molecule has 13 heavy (non-hydrogen) atoms. The summed E-state index contributed by atoms with van der Waals surface area (Å²) in [6.07, 6.45) is -1.66. The first-order valence-corrected chi connectivity index (χ1v) is 4.37. The van der Waals surface area contributed by atoms with Crippen LogP contribution in [0.2, 0.25) is 0 Å². The van der Waals surface area contributed by atoms with Crippen molar-refractivity contribution in [3.63, 3.8) is 0 Å². The van der Waals surface area contributed by atoms with E-state index in [9.17, 15) is 0 Å². The second kappa shape index (κ2) is 7.23. The Balaban J connectivity index is 3.41. The van der Waals surface area contributed by atoms with Gasteiger partial charge in [-0.25, -0.2) is 0 Å². The summed E-state index contributed by atoms with van der Waals surface area (Å²) in [6, 6.07) is 0. The molecule has 0 saturated heterocycles. The second-order valence-electron chi connectivity index (χ2n) is 3.08. The molecule has 0 aromatic carbocycles. The summed E-state index contributed by atoms with van der Waals surface area (Å²) in [4.78, 5) is 0. The Bertz CT molecular complexity index is 119. The van der Waals surface area contributed by atoms with Crippen LogP contribution in [-0.2, 0) is 0 Å². The van der Waals surface area contributed by atoms with Gasteiger partial charge in [-0.3, -0.25) is 0 Å². The van der Waals surface area contributed by atoms with Gasteiger partial charge in [-0.2, -0.15) is 0 Å². The summed E-state index contributed by atoms with van der Waals surface area (Å²) >= 11 is 0. The van der Waals surface area contributed by atoms with Gasteiger partial charge < -0.3 is 25.5 Å². The van der Waals surface area contributed by atoms with Crippen LogP contribution >= 0.6 is 0 Å². The van der Waals surface area contributed by atoms with Crippen LogP contribution in [0, 0.1) is 0 Å². The molecule has 5 nitrogen and oxygen atoms in total. The zero-order chi connectivity index (χ0) is 10.3. The summed E-state index contributed by atoms with van der Waals surface area (Å²) in [5.74, 6) is 0. The van der Waals surface area contributed by atoms with Gasteiger partial charge in [0, 0.05) is 0 Å². The largest absolute Gasteiger partial charge is 0.394 e. The first kappa shape index (κ1) is 12.8. The first-order chi connectivity index (χ1) is 6.11. The lowest BCUT2D eigenvalue weighted by Crippen LogP contribution is -2.29. The maximum Gasteiger partial charge on any atom is 0.103 e. The number of aliphatic hydroxyl groups is 5. The molecule has 5 N–H and O–H groups in total. The molecule has 0 aliphatic carbocycles. The fraction of sp³-hybridized carbons (Fsp3) is 1.00. The van der Waals surface area contributed by atoms with Gasteiger partial charge in [0.25, 0.3) is 0 Å². The van der Waals surface area contributed by atoms with E-state index < -0.39 is 24.9 Å². The van der Waals surface area contributed by atoms with Crippen LogP contribution in [-0.4, -0.2) is 57.1 Å². The SMILES string of the molecule is OCC(O)CCCC(O)C(O)CO. The topological polar surface area (TPSA) is 101 Å². The number of hydrogen-bond acceptors (Lipinski definition) is 5. The Morgan fingerprint density at radius 1 is 0.769 bits per heavy atom. The lowest BCUT2D eigenvalue weighted by Gasteiger charge is -2.15. The number of hydrogen-bond donors (Lipinski definition) is 5. The number of aliphatic hydroxyl groups excluding tert-OH is 5. The van der Waals surface area contributed by atoms with Gasteiger partial charge in [-0.15, -0.1) is 0 Å². The fourth-order valence-corrected chi connectivity index (χ4v) is 0.968. The molecule has 0 radical (unpaired) electrons. The predicted molar refractivity (Wildman–Crippen MR) is 46.0 cm³/mol. The van der Waals surface area contributed by atoms with Crippen molar-refractivity contribution in [3.05, 3.63) is 0 Å². The molecule has 0 rings (SSSR count). The van der Waals surface area contributed by atoms with Gasteiger partial charge in [-0.1, -0.05) is 0 Å². The van der Waals surface area contributed by atoms with Crippen LogP contribution in [0.4, 0.5) is 0 Å². The van der Waals surface area contributed by atoms with Crippen molar-refractivity contribution in [3.8, 4) is 0 Å². The van der Waals surface area contributed by atoms with Gasteiger partial charge >= 0.3 is 0 Å². The Hall–Kier alpha value is -0.200. The van der Waals surface area contributed by atoms with Crippen molar-refractivity contribution in [2.75, 3.05) is 13.2 Å². The molecule has 0 bridgehead atoms. The average molecular weight is 194 g/mol. The quantitative estimate of drug-likeness (QED) is 0.330. The van der Waals surface area contributed by atoms with E-state index in [1.54, 1.807) is 0 Å². The summed E-state index contributed by atoms with van der Waals surface area (Å²) in [6.45, 7) is -0.762. The Morgan fingerprint density at radius 3 is 1.85 bits per heavy atom. The molecule has 80 valence electrons. The highest BCUT2D eigenvalue weighted by Gasteiger charge is 2.14. The zero-order valence-electron chi connectivity index (χ0n) is 7.50. The van der Waals surface area contributed by atoms with E-state index in [2.05, 4.69) is 0 Å². The van der Waals surface area contributed by atoms with E-state index >= 15 is 0 Å². The van der Waals surface area contributed by atoms with Crippen LogP contribution in [0.1, 0.15) is 19.3 Å². The van der Waals surface area contributed by atoms with Crippen molar-refractivity contribution >= 4 is 0 Å². The lowest BCUT2D eigenvalue weighted by atomic mass is 10.1. The minimum atomic E-state index is -1.12. The highest BCUT2D eigenvalue weighted by atomic mass is 16.4. The van der Waals surface area contributed by atoms with E-state index in [4.69, 9.17) is 25.5 Å². The third kappa shape index (κ3) is 5.95. The van der Waals surface area contributed by atoms with Crippen molar-refractivity contribution in [1.29, 1.82) is 0 Å². The molecule has 0 saturated carbocycles. The molecule has 0 aliphatic rings. The zero-order valence-corrected chi connectivity index (χ0v) is 7.50. The van der Waals surface area contributed by atoms with Crippen molar-refractivity contribution in [1.82, 2.24) is 0 Å². The summed E-state index contributed by atoms with van der Waals surface area (Å²) in [7, 11) is 0. The standard InChI is InChI=1S/C8H18O5/c9-4-6(11)2-1-3-7(12)8(13)5-10/h6-13H,1-5H2. The maximum absolute atomic E-state index is 9.15. The molecule has 0 aliphatic heterocycles. The van der Waals surface area contributed by atoms with Gasteiger partial charge in [0.15, 0.2) is 0 Å². The van der Waals surface area contributed by atoms with Crippen molar-refractivity contribution < 1.29 is 25.5 Å². The Morgan fingerprint density at radius 2 is 1.38 bits per heavy atom. The molecule has 0 aromatic heterocycles. The van der Waals surface area contributed by atoms with Crippen LogP contribution in [0.3, 0.4) is 0 Å². The number of rotatable bonds is 7. The summed E-state index contributed by atoms with van der Waals surface area (Å²) in [5.41, 5.74) is 0. The molecule has 3 atom stereocenters. The normalized spacial score (nSPS) is 18.2. The molecular formula is C8H18O5. The molecule has 0 spiro atoms. The second-order valence-corrected chi connectivity index (χ2v) is 3.08. The van der Waals surface area contributed by atoms with Gasteiger partial charge in [0.2, 0.25) is 0 Å². The fourth-order valence-electron chi connectivity index (χ4n) is 0.968. The first-order valence-electron chi connectivity index (χ1n) is 4.37. The van der Waals surface area contributed by atoms with Gasteiger partial charge in [-0.05, 0) is 19.3 Å². The van der Waals surface area contributed by atoms with E-state index in [1.807, 2.05) is 0 Å². The van der Waals surface area contributed by atoms with Crippen LogP contribution < -0.4 is 0 Å². The predicted octanol–water partition coefficient (Wildman–Crippen LogP) is -1.78.